The average molecular weight is 338 g/mol. The van der Waals surface area contributed by atoms with Gasteiger partial charge < -0.3 is 4.74 Å². The van der Waals surface area contributed by atoms with Gasteiger partial charge in [-0.25, -0.2) is 0 Å². The van der Waals surface area contributed by atoms with Gasteiger partial charge in [0, 0.05) is 6.54 Å². The van der Waals surface area contributed by atoms with Crippen molar-refractivity contribution < 1.29 is 9.53 Å². The zero-order valence-corrected chi connectivity index (χ0v) is 14.7. The third-order valence-electron chi connectivity index (χ3n) is 5.26. The second kappa shape index (κ2) is 8.70. The van der Waals surface area contributed by atoms with Crippen molar-refractivity contribution in [3.63, 3.8) is 0 Å². The lowest BCUT2D eigenvalue weighted by Gasteiger charge is -2.29. The number of carbonyl (C=O) groups is 1. The Morgan fingerprint density at radius 2 is 1.65 bits per heavy atom. The third kappa shape index (κ3) is 4.27. The number of piperidine rings is 1. The molecule has 3 rings (SSSR count). The fourth-order valence-corrected chi connectivity index (χ4v) is 3.93. The summed E-state index contributed by atoms with van der Waals surface area (Å²) in [4.78, 5) is 15.2. The van der Waals surface area contributed by atoms with E-state index < -0.39 is 0 Å². The number of nitrogens with zero attached hydrogens (tertiary/aromatic N) is 1. The van der Waals surface area contributed by atoms with Crippen LogP contribution in [-0.2, 0) is 14.9 Å². The molecule has 0 spiro atoms. The molecule has 1 aromatic carbocycles. The van der Waals surface area contributed by atoms with Crippen molar-refractivity contribution in [3.05, 3.63) is 35.9 Å². The van der Waals surface area contributed by atoms with Crippen LogP contribution >= 0.6 is 12.4 Å². The number of likely N-dealkylation sites (tertiary alicyclic amines) is 1. The maximum atomic E-state index is 12.8. The molecule has 4 heteroatoms. The summed E-state index contributed by atoms with van der Waals surface area (Å²) in [5, 5.41) is 0. The Hall–Kier alpha value is -1.06. The van der Waals surface area contributed by atoms with Crippen LogP contribution in [-0.4, -0.2) is 37.1 Å². The number of esters is 1. The summed E-state index contributed by atoms with van der Waals surface area (Å²) >= 11 is 0. The van der Waals surface area contributed by atoms with Gasteiger partial charge in [-0.1, -0.05) is 49.6 Å². The highest BCUT2D eigenvalue weighted by Crippen LogP contribution is 2.42. The van der Waals surface area contributed by atoms with E-state index in [1.165, 1.54) is 19.3 Å². The molecule has 2 fully saturated rings. The van der Waals surface area contributed by atoms with Crippen molar-refractivity contribution in [1.82, 2.24) is 4.90 Å². The fourth-order valence-electron chi connectivity index (χ4n) is 3.93. The Labute approximate surface area is 145 Å². The number of hydrogen-bond donors (Lipinski definition) is 0. The number of halogens is 1. The number of benzene rings is 1. The van der Waals surface area contributed by atoms with E-state index in [0.717, 1.165) is 50.9 Å². The molecule has 1 saturated carbocycles. The van der Waals surface area contributed by atoms with Crippen LogP contribution in [0.3, 0.4) is 0 Å². The minimum Gasteiger partial charge on any atom is -0.464 e. The highest BCUT2D eigenvalue weighted by Gasteiger charge is 2.44. The highest BCUT2D eigenvalue weighted by molar-refractivity contribution is 5.85. The Kier molecular flexibility index (Phi) is 6.91. The van der Waals surface area contributed by atoms with Gasteiger partial charge >= 0.3 is 5.97 Å². The molecular formula is C19H28ClNO2. The molecular weight excluding hydrogens is 310 g/mol. The van der Waals surface area contributed by atoms with Crippen LogP contribution in [0.4, 0.5) is 0 Å². The molecule has 0 unspecified atom stereocenters. The van der Waals surface area contributed by atoms with E-state index >= 15 is 0 Å². The van der Waals surface area contributed by atoms with E-state index in [0.29, 0.717) is 6.61 Å². The summed E-state index contributed by atoms with van der Waals surface area (Å²) in [5.74, 6) is -0.00629. The first-order valence-corrected chi connectivity index (χ1v) is 8.76. The Morgan fingerprint density at radius 1 is 1.00 bits per heavy atom. The van der Waals surface area contributed by atoms with E-state index in [1.54, 1.807) is 0 Å². The quantitative estimate of drug-likeness (QED) is 0.762. The van der Waals surface area contributed by atoms with Crippen molar-refractivity contribution in [2.24, 2.45) is 0 Å². The van der Waals surface area contributed by atoms with Gasteiger partial charge in [0.15, 0.2) is 0 Å². The van der Waals surface area contributed by atoms with Crippen LogP contribution in [0.15, 0.2) is 30.3 Å². The largest absolute Gasteiger partial charge is 0.464 e. The van der Waals surface area contributed by atoms with E-state index in [-0.39, 0.29) is 23.8 Å². The van der Waals surface area contributed by atoms with Crippen LogP contribution in [0.1, 0.15) is 50.5 Å². The van der Waals surface area contributed by atoms with Crippen molar-refractivity contribution >= 4 is 18.4 Å². The Balaban J connectivity index is 0.00000192. The fraction of sp³-hybridized carbons (Fsp3) is 0.632. The molecule has 1 aliphatic carbocycles. The molecule has 0 atom stereocenters. The van der Waals surface area contributed by atoms with E-state index in [1.807, 2.05) is 18.2 Å². The number of ether oxygens (including phenoxy) is 1. The van der Waals surface area contributed by atoms with Crippen molar-refractivity contribution in [2.45, 2.75) is 50.4 Å². The average Bonchev–Trinajstić information content (AvgIpc) is 3.08. The van der Waals surface area contributed by atoms with Crippen molar-refractivity contribution in [1.29, 1.82) is 0 Å². The molecule has 1 aliphatic heterocycles. The molecule has 1 aromatic rings. The van der Waals surface area contributed by atoms with Crippen LogP contribution in [0.5, 0.6) is 0 Å². The van der Waals surface area contributed by atoms with Gasteiger partial charge in [0.1, 0.15) is 6.61 Å². The molecule has 2 aliphatic rings. The molecule has 1 saturated heterocycles. The minimum absolute atomic E-state index is 0. The van der Waals surface area contributed by atoms with Gasteiger partial charge in [-0.05, 0) is 44.3 Å². The predicted octanol–water partition coefficient (Wildman–Crippen LogP) is 3.95. The topological polar surface area (TPSA) is 29.5 Å². The maximum Gasteiger partial charge on any atom is 0.316 e. The first kappa shape index (κ1) is 18.3. The summed E-state index contributed by atoms with van der Waals surface area (Å²) in [6.45, 7) is 3.73. The van der Waals surface area contributed by atoms with Crippen molar-refractivity contribution in [2.75, 3.05) is 26.2 Å². The zero-order valence-electron chi connectivity index (χ0n) is 13.8. The molecule has 0 radical (unpaired) electrons. The maximum absolute atomic E-state index is 12.8. The van der Waals surface area contributed by atoms with E-state index in [9.17, 15) is 4.79 Å². The molecule has 3 nitrogen and oxygen atoms in total. The van der Waals surface area contributed by atoms with Gasteiger partial charge in [0.2, 0.25) is 0 Å². The zero-order chi connectivity index (χ0) is 15.3. The molecule has 0 amide bonds. The monoisotopic (exact) mass is 337 g/mol. The summed E-state index contributed by atoms with van der Waals surface area (Å²) in [5.41, 5.74) is 0.749. The van der Waals surface area contributed by atoms with E-state index in [2.05, 4.69) is 17.0 Å². The lowest BCUT2D eigenvalue weighted by atomic mass is 9.79. The van der Waals surface area contributed by atoms with Crippen molar-refractivity contribution in [3.8, 4) is 0 Å². The standard InChI is InChI=1S/C19H27NO2.ClH/c21-18(22-16-15-20-13-7-2-8-14-20)19(11-5-6-12-19)17-9-3-1-4-10-17;/h1,3-4,9-10H,2,5-8,11-16H2;1H. The van der Waals surface area contributed by atoms with Gasteiger partial charge in [-0.15, -0.1) is 12.4 Å². The second-order valence-corrected chi connectivity index (χ2v) is 6.69. The highest BCUT2D eigenvalue weighted by atomic mass is 35.5. The van der Waals surface area contributed by atoms with Crippen LogP contribution in [0, 0.1) is 0 Å². The summed E-state index contributed by atoms with van der Waals surface area (Å²) < 4.78 is 5.71. The molecule has 0 N–H and O–H groups in total. The van der Waals surface area contributed by atoms with Gasteiger partial charge in [0.25, 0.3) is 0 Å². The normalized spacial score (nSPS) is 20.7. The van der Waals surface area contributed by atoms with Crippen LogP contribution in [0.2, 0.25) is 0 Å². The molecule has 0 aromatic heterocycles. The second-order valence-electron chi connectivity index (χ2n) is 6.69. The molecule has 1 heterocycles. The van der Waals surface area contributed by atoms with Gasteiger partial charge in [-0.3, -0.25) is 9.69 Å². The third-order valence-corrected chi connectivity index (χ3v) is 5.26. The number of hydrogen-bond acceptors (Lipinski definition) is 3. The molecule has 23 heavy (non-hydrogen) atoms. The Bertz CT molecular complexity index is 479. The lowest BCUT2D eigenvalue weighted by Crippen LogP contribution is -2.38. The Morgan fingerprint density at radius 3 is 2.30 bits per heavy atom. The summed E-state index contributed by atoms with van der Waals surface area (Å²) in [7, 11) is 0. The molecule has 0 bridgehead atoms. The smallest absolute Gasteiger partial charge is 0.316 e. The van der Waals surface area contributed by atoms with Crippen LogP contribution in [0.25, 0.3) is 0 Å². The first-order chi connectivity index (χ1) is 10.8. The predicted molar refractivity (Wildman–Crippen MR) is 95.1 cm³/mol. The lowest BCUT2D eigenvalue weighted by molar-refractivity contribution is -0.151. The van der Waals surface area contributed by atoms with Gasteiger partial charge in [-0.2, -0.15) is 0 Å². The SMILES string of the molecule is Cl.O=C(OCCN1CCCCC1)C1(c2ccccc2)CCCC1. The first-order valence-electron chi connectivity index (χ1n) is 8.76. The number of rotatable bonds is 5. The van der Waals surface area contributed by atoms with Crippen LogP contribution < -0.4 is 0 Å². The summed E-state index contributed by atoms with van der Waals surface area (Å²) in [6, 6.07) is 10.2. The summed E-state index contributed by atoms with van der Waals surface area (Å²) in [6.07, 6.45) is 8.00. The number of carbonyl (C=O) groups excluding carboxylic acids is 1. The van der Waals surface area contributed by atoms with Gasteiger partial charge in [0.05, 0.1) is 5.41 Å². The van der Waals surface area contributed by atoms with E-state index in [4.69, 9.17) is 4.74 Å². The minimum atomic E-state index is -0.386. The molecule has 128 valence electrons.